The van der Waals surface area contributed by atoms with Crippen LogP contribution in [0.3, 0.4) is 0 Å². The van der Waals surface area contributed by atoms with Gasteiger partial charge >= 0.3 is 0 Å². The first-order chi connectivity index (χ1) is 20.7. The number of rotatable bonds is 9. The lowest BCUT2D eigenvalue weighted by molar-refractivity contribution is -0.123. The Hall–Kier alpha value is -3.75. The SMILES string of the molecule is COc1cc2c(c(OC)c1OC)-c1ccc(N[C@H](C(=O)NC3CCCCCCC3)C(C)C)c(=O)cc1[C@@H](NC(C)=O)CC2. The second-order valence-electron chi connectivity index (χ2n) is 12.0. The minimum atomic E-state index is -0.585. The molecule has 9 nitrogen and oxygen atoms in total. The van der Waals surface area contributed by atoms with Crippen molar-refractivity contribution in [2.75, 3.05) is 26.6 Å². The van der Waals surface area contributed by atoms with Crippen molar-refractivity contribution in [3.05, 3.63) is 45.6 Å². The fraction of sp³-hybridized carbons (Fsp3) is 0.559. The molecule has 0 spiro atoms. The molecule has 2 amide bonds. The van der Waals surface area contributed by atoms with E-state index >= 15 is 0 Å². The van der Waals surface area contributed by atoms with Crippen LogP contribution in [0, 0.1) is 5.92 Å². The van der Waals surface area contributed by atoms with Crippen LogP contribution in [-0.2, 0) is 16.0 Å². The van der Waals surface area contributed by atoms with E-state index in [1.165, 1.54) is 26.2 Å². The summed E-state index contributed by atoms with van der Waals surface area (Å²) in [7, 11) is 4.71. The molecule has 2 aliphatic rings. The van der Waals surface area contributed by atoms with Gasteiger partial charge in [0.05, 0.1) is 33.1 Å². The van der Waals surface area contributed by atoms with Crippen molar-refractivity contribution in [2.24, 2.45) is 5.92 Å². The van der Waals surface area contributed by atoms with E-state index in [0.29, 0.717) is 41.3 Å². The van der Waals surface area contributed by atoms with Crippen molar-refractivity contribution in [1.82, 2.24) is 10.6 Å². The van der Waals surface area contributed by atoms with Crippen LogP contribution in [0.25, 0.3) is 11.1 Å². The van der Waals surface area contributed by atoms with Crippen LogP contribution in [0.1, 0.15) is 89.3 Å². The molecule has 234 valence electrons. The minimum Gasteiger partial charge on any atom is -0.493 e. The summed E-state index contributed by atoms with van der Waals surface area (Å²) in [4.78, 5) is 39.6. The quantitative estimate of drug-likeness (QED) is 0.350. The third-order valence-corrected chi connectivity index (χ3v) is 8.63. The number of ether oxygens (including phenoxy) is 3. The molecule has 2 aromatic rings. The molecule has 0 aliphatic heterocycles. The standard InChI is InChI=1S/C34H47N3O6/c1-20(2)31(34(40)36-23-12-10-8-7-9-11-13-23)37-27-17-15-24-25(19-28(27)39)26(35-21(3)38)16-14-22-18-29(41-4)32(42-5)33(43-6)30(22)24/h15,17-20,23,26,31H,7-14,16H2,1-6H3,(H,35,38)(H,36,40)(H,37,39)/t26-,31-/m0/s1. The molecule has 0 aromatic heterocycles. The summed E-state index contributed by atoms with van der Waals surface area (Å²) in [6.07, 6.45) is 9.06. The van der Waals surface area contributed by atoms with Gasteiger partial charge in [0.25, 0.3) is 0 Å². The Balaban J connectivity index is 1.78. The lowest BCUT2D eigenvalue weighted by Gasteiger charge is -2.27. The van der Waals surface area contributed by atoms with Crippen molar-refractivity contribution in [1.29, 1.82) is 0 Å². The van der Waals surface area contributed by atoms with Crippen LogP contribution in [0.15, 0.2) is 29.1 Å². The molecule has 0 radical (unpaired) electrons. The van der Waals surface area contributed by atoms with Crippen molar-refractivity contribution in [2.45, 2.75) is 96.7 Å². The number of nitrogens with one attached hydrogen (secondary N) is 3. The zero-order chi connectivity index (χ0) is 31.1. The Morgan fingerprint density at radius 2 is 1.53 bits per heavy atom. The highest BCUT2D eigenvalue weighted by Crippen LogP contribution is 2.50. The van der Waals surface area contributed by atoms with Crippen LogP contribution in [0.5, 0.6) is 17.2 Å². The summed E-state index contributed by atoms with van der Waals surface area (Å²) in [5.41, 5.74) is 3.22. The minimum absolute atomic E-state index is 0.0547. The van der Waals surface area contributed by atoms with Gasteiger partial charge in [0.15, 0.2) is 11.5 Å². The Morgan fingerprint density at radius 1 is 0.860 bits per heavy atom. The van der Waals surface area contributed by atoms with Gasteiger partial charge in [-0.05, 0) is 66.5 Å². The largest absolute Gasteiger partial charge is 0.493 e. The monoisotopic (exact) mass is 593 g/mol. The summed E-state index contributed by atoms with van der Waals surface area (Å²) in [5.74, 6) is 1.15. The van der Waals surface area contributed by atoms with Gasteiger partial charge in [-0.25, -0.2) is 0 Å². The van der Waals surface area contributed by atoms with Crippen molar-refractivity contribution in [3.63, 3.8) is 0 Å². The summed E-state index contributed by atoms with van der Waals surface area (Å²) < 4.78 is 17.2. The zero-order valence-corrected chi connectivity index (χ0v) is 26.4. The van der Waals surface area contributed by atoms with Gasteiger partial charge in [-0.1, -0.05) is 52.0 Å². The van der Waals surface area contributed by atoms with Gasteiger partial charge in [0, 0.05) is 18.5 Å². The molecule has 0 saturated heterocycles. The van der Waals surface area contributed by atoms with Crippen LogP contribution in [0.2, 0.25) is 0 Å². The number of benzene rings is 1. The van der Waals surface area contributed by atoms with E-state index in [0.717, 1.165) is 42.4 Å². The van der Waals surface area contributed by atoms with Gasteiger partial charge in [0.2, 0.25) is 23.0 Å². The zero-order valence-electron chi connectivity index (χ0n) is 26.4. The fourth-order valence-electron chi connectivity index (χ4n) is 6.42. The molecule has 3 N–H and O–H groups in total. The number of anilines is 1. The maximum Gasteiger partial charge on any atom is 0.242 e. The Kier molecular flexibility index (Phi) is 10.9. The van der Waals surface area contributed by atoms with E-state index in [9.17, 15) is 14.4 Å². The highest BCUT2D eigenvalue weighted by Gasteiger charge is 2.30. The van der Waals surface area contributed by atoms with Crippen molar-refractivity contribution in [3.8, 4) is 28.4 Å². The number of carbonyl (C=O) groups is 2. The third kappa shape index (κ3) is 7.43. The molecule has 0 unspecified atom stereocenters. The predicted molar refractivity (Wildman–Crippen MR) is 169 cm³/mol. The number of methoxy groups -OCH3 is 3. The molecule has 43 heavy (non-hydrogen) atoms. The topological polar surface area (TPSA) is 115 Å². The van der Waals surface area contributed by atoms with Crippen molar-refractivity contribution >= 4 is 17.5 Å². The fourth-order valence-corrected chi connectivity index (χ4v) is 6.42. The lowest BCUT2D eigenvalue weighted by Crippen LogP contribution is -2.47. The molecule has 1 saturated carbocycles. The predicted octanol–water partition coefficient (Wildman–Crippen LogP) is 5.53. The van der Waals surface area contributed by atoms with Crippen LogP contribution in [-0.4, -0.2) is 45.2 Å². The van der Waals surface area contributed by atoms with E-state index in [2.05, 4.69) is 16.0 Å². The number of amides is 2. The van der Waals surface area contributed by atoms with Crippen LogP contribution < -0.4 is 35.6 Å². The first-order valence-electron chi connectivity index (χ1n) is 15.5. The smallest absolute Gasteiger partial charge is 0.242 e. The highest BCUT2D eigenvalue weighted by atomic mass is 16.5. The van der Waals surface area contributed by atoms with Gasteiger partial charge in [-0.15, -0.1) is 0 Å². The maximum absolute atomic E-state index is 13.8. The molecular weight excluding hydrogens is 546 g/mol. The molecule has 2 aromatic carbocycles. The second-order valence-corrected chi connectivity index (χ2v) is 12.0. The van der Waals surface area contributed by atoms with E-state index < -0.39 is 12.1 Å². The molecule has 9 heteroatoms. The van der Waals surface area contributed by atoms with Gasteiger partial charge < -0.3 is 30.2 Å². The number of carbonyl (C=O) groups excluding carboxylic acids is 2. The average Bonchev–Trinajstić information content (AvgIpc) is 3.20. The normalized spacial score (nSPS) is 17.7. The van der Waals surface area contributed by atoms with Crippen LogP contribution in [0.4, 0.5) is 5.69 Å². The molecule has 0 heterocycles. The molecule has 0 bridgehead atoms. The van der Waals surface area contributed by atoms with Gasteiger partial charge in [-0.3, -0.25) is 14.4 Å². The Morgan fingerprint density at radius 3 is 2.14 bits per heavy atom. The van der Waals surface area contributed by atoms with E-state index in [4.69, 9.17) is 14.2 Å². The van der Waals surface area contributed by atoms with E-state index in [1.54, 1.807) is 33.5 Å². The molecule has 1 fully saturated rings. The summed E-state index contributed by atoms with van der Waals surface area (Å²) in [6, 6.07) is 6.27. The first kappa shape index (κ1) is 32.2. The Bertz CT molecular complexity index is 1370. The maximum atomic E-state index is 13.8. The number of hydrogen-bond acceptors (Lipinski definition) is 7. The molecule has 2 aliphatic carbocycles. The summed E-state index contributed by atoms with van der Waals surface area (Å²) in [6.45, 7) is 5.43. The molecule has 2 atom stereocenters. The van der Waals surface area contributed by atoms with Crippen LogP contribution >= 0.6 is 0 Å². The summed E-state index contributed by atoms with van der Waals surface area (Å²) >= 11 is 0. The number of fused-ring (bicyclic) bond motifs is 3. The van der Waals surface area contributed by atoms with E-state index in [-0.39, 0.29) is 29.2 Å². The summed E-state index contributed by atoms with van der Waals surface area (Å²) in [5, 5.41) is 9.58. The highest BCUT2D eigenvalue weighted by molar-refractivity contribution is 5.86. The number of hydrogen-bond donors (Lipinski definition) is 3. The van der Waals surface area contributed by atoms with E-state index in [1.807, 2.05) is 26.0 Å². The average molecular weight is 594 g/mol. The Labute approximate surface area is 255 Å². The first-order valence-corrected chi connectivity index (χ1v) is 15.5. The van der Waals surface area contributed by atoms with Gasteiger partial charge in [0.1, 0.15) is 6.04 Å². The second kappa shape index (κ2) is 14.6. The van der Waals surface area contributed by atoms with Crippen molar-refractivity contribution < 1.29 is 23.8 Å². The molecular formula is C34H47N3O6. The third-order valence-electron chi connectivity index (χ3n) is 8.63. The molecule has 4 rings (SSSR count). The lowest BCUT2D eigenvalue weighted by atomic mass is 9.95. The number of aryl methyl sites for hydroxylation is 1. The van der Waals surface area contributed by atoms with Gasteiger partial charge in [-0.2, -0.15) is 0 Å².